The van der Waals surface area contributed by atoms with Crippen LogP contribution >= 0.6 is 15.9 Å². The van der Waals surface area contributed by atoms with Crippen molar-refractivity contribution in [3.8, 4) is 6.07 Å². The van der Waals surface area contributed by atoms with Crippen LogP contribution in [0.4, 0.5) is 0 Å². The fourth-order valence-corrected chi connectivity index (χ4v) is 1.51. The predicted molar refractivity (Wildman–Crippen MR) is 48.3 cm³/mol. The Labute approximate surface area is 74.8 Å². The van der Waals surface area contributed by atoms with Crippen LogP contribution in [0.5, 0.6) is 0 Å². The van der Waals surface area contributed by atoms with Gasteiger partial charge < -0.3 is 0 Å². The Kier molecular flexibility index (Phi) is 2.31. The molecular formula is C9H8BrN. The maximum Gasteiger partial charge on any atom is 0.0994 e. The van der Waals surface area contributed by atoms with Crippen LogP contribution in [0.3, 0.4) is 0 Å². The van der Waals surface area contributed by atoms with Gasteiger partial charge in [-0.25, -0.2) is 0 Å². The van der Waals surface area contributed by atoms with Gasteiger partial charge in [0.05, 0.1) is 11.6 Å². The van der Waals surface area contributed by atoms with E-state index in [4.69, 9.17) is 5.26 Å². The van der Waals surface area contributed by atoms with Crippen LogP contribution in [-0.4, -0.2) is 0 Å². The van der Waals surface area contributed by atoms with Gasteiger partial charge in [0, 0.05) is 4.47 Å². The Morgan fingerprint density at radius 1 is 1.36 bits per heavy atom. The van der Waals surface area contributed by atoms with E-state index in [1.807, 2.05) is 26.0 Å². The van der Waals surface area contributed by atoms with Crippen molar-refractivity contribution in [3.05, 3.63) is 33.3 Å². The molecule has 56 valence electrons. The molecule has 0 radical (unpaired) electrons. The number of hydrogen-bond acceptors (Lipinski definition) is 1. The molecule has 0 unspecified atom stereocenters. The highest BCUT2D eigenvalue weighted by atomic mass is 79.9. The van der Waals surface area contributed by atoms with Crippen LogP contribution in [0.25, 0.3) is 0 Å². The summed E-state index contributed by atoms with van der Waals surface area (Å²) >= 11 is 3.39. The summed E-state index contributed by atoms with van der Waals surface area (Å²) in [4.78, 5) is 0. The van der Waals surface area contributed by atoms with Crippen LogP contribution in [-0.2, 0) is 0 Å². The van der Waals surface area contributed by atoms with Gasteiger partial charge in [0.25, 0.3) is 0 Å². The van der Waals surface area contributed by atoms with Crippen LogP contribution in [0.2, 0.25) is 0 Å². The third-order valence-electron chi connectivity index (χ3n) is 1.61. The molecule has 1 nitrogen and oxygen atoms in total. The lowest BCUT2D eigenvalue weighted by Crippen LogP contribution is -1.85. The van der Waals surface area contributed by atoms with E-state index in [0.29, 0.717) is 0 Å². The van der Waals surface area contributed by atoms with Gasteiger partial charge >= 0.3 is 0 Å². The molecule has 0 aliphatic carbocycles. The summed E-state index contributed by atoms with van der Waals surface area (Å²) in [5, 5.41) is 8.70. The Hall–Kier alpha value is -0.810. The van der Waals surface area contributed by atoms with Crippen molar-refractivity contribution in [2.75, 3.05) is 0 Å². The summed E-state index contributed by atoms with van der Waals surface area (Å²) in [5.41, 5.74) is 2.87. The van der Waals surface area contributed by atoms with Crippen LogP contribution in [0, 0.1) is 25.2 Å². The molecule has 0 saturated carbocycles. The quantitative estimate of drug-likeness (QED) is 0.645. The molecule has 0 bridgehead atoms. The zero-order chi connectivity index (χ0) is 8.43. The van der Waals surface area contributed by atoms with E-state index in [0.717, 1.165) is 21.2 Å². The van der Waals surface area contributed by atoms with Crippen molar-refractivity contribution in [3.63, 3.8) is 0 Å². The van der Waals surface area contributed by atoms with Gasteiger partial charge in [-0.3, -0.25) is 0 Å². The van der Waals surface area contributed by atoms with Gasteiger partial charge in [-0.15, -0.1) is 0 Å². The Balaban J connectivity index is 3.39. The molecule has 0 spiro atoms. The predicted octanol–water partition coefficient (Wildman–Crippen LogP) is 2.94. The van der Waals surface area contributed by atoms with E-state index in [1.54, 1.807) is 0 Å². The minimum Gasteiger partial charge on any atom is -0.192 e. The Bertz CT molecular complexity index is 323. The molecule has 0 N–H and O–H groups in total. The number of halogens is 1. The molecule has 0 amide bonds. The molecule has 0 atom stereocenters. The molecule has 11 heavy (non-hydrogen) atoms. The van der Waals surface area contributed by atoms with E-state index < -0.39 is 0 Å². The summed E-state index contributed by atoms with van der Waals surface area (Å²) < 4.78 is 1.01. The van der Waals surface area contributed by atoms with E-state index in [2.05, 4.69) is 22.0 Å². The van der Waals surface area contributed by atoms with E-state index in [1.165, 1.54) is 0 Å². The fourth-order valence-electron chi connectivity index (χ4n) is 0.931. The minimum absolute atomic E-state index is 0.747. The maximum absolute atomic E-state index is 8.70. The number of nitrogens with zero attached hydrogens (tertiary/aromatic N) is 1. The average Bonchev–Trinajstić information content (AvgIpc) is 1.96. The first kappa shape index (κ1) is 8.29. The standard InChI is InChI=1S/C9H8BrN/c1-6-3-8(5-11)7(2)9(10)4-6/h3-4H,1-2H3. The normalized spacial score (nSPS) is 9.27. The topological polar surface area (TPSA) is 23.8 Å². The van der Waals surface area contributed by atoms with E-state index >= 15 is 0 Å². The molecule has 0 aliphatic heterocycles. The third-order valence-corrected chi connectivity index (χ3v) is 2.43. The number of nitriles is 1. The SMILES string of the molecule is Cc1cc(Br)c(C)c(C#N)c1. The molecule has 1 aromatic rings. The lowest BCUT2D eigenvalue weighted by molar-refractivity contribution is 1.32. The lowest BCUT2D eigenvalue weighted by Gasteiger charge is -2.01. The monoisotopic (exact) mass is 209 g/mol. The second-order valence-corrected chi connectivity index (χ2v) is 3.39. The molecule has 1 rings (SSSR count). The highest BCUT2D eigenvalue weighted by Crippen LogP contribution is 2.20. The zero-order valence-electron chi connectivity index (χ0n) is 6.48. The molecule has 2 heteroatoms. The first-order valence-corrected chi connectivity index (χ1v) is 4.11. The minimum atomic E-state index is 0.747. The van der Waals surface area contributed by atoms with Crippen molar-refractivity contribution >= 4 is 15.9 Å². The highest BCUT2D eigenvalue weighted by molar-refractivity contribution is 9.10. The van der Waals surface area contributed by atoms with Crippen molar-refractivity contribution in [1.29, 1.82) is 5.26 Å². The number of benzene rings is 1. The van der Waals surface area contributed by atoms with Crippen LogP contribution in [0.15, 0.2) is 16.6 Å². The van der Waals surface area contributed by atoms with Gasteiger partial charge in [0.1, 0.15) is 0 Å². The number of rotatable bonds is 0. The highest BCUT2D eigenvalue weighted by Gasteiger charge is 2.01. The Morgan fingerprint density at radius 2 is 2.00 bits per heavy atom. The molecule has 0 fully saturated rings. The summed E-state index contributed by atoms with van der Waals surface area (Å²) in [6.45, 7) is 3.91. The Morgan fingerprint density at radius 3 is 2.55 bits per heavy atom. The van der Waals surface area contributed by atoms with Gasteiger partial charge in [-0.05, 0) is 37.1 Å². The maximum atomic E-state index is 8.70. The van der Waals surface area contributed by atoms with E-state index in [-0.39, 0.29) is 0 Å². The van der Waals surface area contributed by atoms with Gasteiger partial charge in [0.15, 0.2) is 0 Å². The molecule has 1 aromatic carbocycles. The van der Waals surface area contributed by atoms with Crippen molar-refractivity contribution in [2.24, 2.45) is 0 Å². The summed E-state index contributed by atoms with van der Waals surface area (Å²) in [7, 11) is 0. The van der Waals surface area contributed by atoms with Gasteiger partial charge in [-0.2, -0.15) is 5.26 Å². The number of hydrogen-bond donors (Lipinski definition) is 0. The summed E-state index contributed by atoms with van der Waals surface area (Å²) in [6.07, 6.45) is 0. The van der Waals surface area contributed by atoms with Crippen LogP contribution < -0.4 is 0 Å². The number of aryl methyl sites for hydroxylation is 1. The smallest absolute Gasteiger partial charge is 0.0994 e. The van der Waals surface area contributed by atoms with Crippen molar-refractivity contribution in [2.45, 2.75) is 13.8 Å². The molecule has 0 aromatic heterocycles. The summed E-state index contributed by atoms with van der Waals surface area (Å²) in [6, 6.07) is 6.05. The fraction of sp³-hybridized carbons (Fsp3) is 0.222. The third kappa shape index (κ3) is 1.61. The first-order chi connectivity index (χ1) is 5.15. The molecular weight excluding hydrogens is 202 g/mol. The average molecular weight is 210 g/mol. The molecule has 0 aliphatic rings. The molecule has 0 saturated heterocycles. The van der Waals surface area contributed by atoms with Gasteiger partial charge in [-0.1, -0.05) is 15.9 Å². The lowest BCUT2D eigenvalue weighted by atomic mass is 10.1. The molecule has 0 heterocycles. The summed E-state index contributed by atoms with van der Waals surface area (Å²) in [5.74, 6) is 0. The second kappa shape index (κ2) is 3.06. The largest absolute Gasteiger partial charge is 0.192 e. The van der Waals surface area contributed by atoms with Crippen molar-refractivity contribution < 1.29 is 0 Å². The van der Waals surface area contributed by atoms with Crippen molar-refractivity contribution in [1.82, 2.24) is 0 Å². The van der Waals surface area contributed by atoms with E-state index in [9.17, 15) is 0 Å². The van der Waals surface area contributed by atoms with Gasteiger partial charge in [0.2, 0.25) is 0 Å². The second-order valence-electron chi connectivity index (χ2n) is 2.53. The first-order valence-electron chi connectivity index (χ1n) is 3.32. The zero-order valence-corrected chi connectivity index (χ0v) is 8.07. The van der Waals surface area contributed by atoms with Crippen LogP contribution in [0.1, 0.15) is 16.7 Å².